The van der Waals surface area contributed by atoms with Gasteiger partial charge >= 0.3 is 5.97 Å². The van der Waals surface area contributed by atoms with Crippen molar-refractivity contribution in [3.8, 4) is 0 Å². The maximum Gasteiger partial charge on any atom is 0.308 e. The summed E-state index contributed by atoms with van der Waals surface area (Å²) in [6, 6.07) is 9.65. The third kappa shape index (κ3) is 4.26. The van der Waals surface area contributed by atoms with E-state index < -0.39 is 18.0 Å². The van der Waals surface area contributed by atoms with E-state index in [9.17, 15) is 14.7 Å². The van der Waals surface area contributed by atoms with E-state index in [4.69, 9.17) is 4.74 Å². The number of hydrogen-bond acceptors (Lipinski definition) is 3. The zero-order valence-electron chi connectivity index (χ0n) is 15.5. The second kappa shape index (κ2) is 8.67. The number of carbonyl (C=O) groups excluding carboxylic acids is 1. The molecule has 0 bridgehead atoms. The van der Waals surface area contributed by atoms with Crippen molar-refractivity contribution < 1.29 is 19.4 Å². The molecule has 1 aliphatic heterocycles. The molecular weight excluding hydrogens is 330 g/mol. The summed E-state index contributed by atoms with van der Waals surface area (Å²) in [4.78, 5) is 26.4. The number of carboxylic acids is 1. The van der Waals surface area contributed by atoms with Gasteiger partial charge in [0.05, 0.1) is 12.0 Å². The fourth-order valence-corrected chi connectivity index (χ4v) is 4.24. The van der Waals surface area contributed by atoms with Crippen LogP contribution in [0, 0.1) is 5.92 Å². The van der Waals surface area contributed by atoms with Crippen molar-refractivity contribution >= 4 is 11.9 Å². The van der Waals surface area contributed by atoms with Gasteiger partial charge in [-0.25, -0.2) is 0 Å². The van der Waals surface area contributed by atoms with Gasteiger partial charge in [0, 0.05) is 19.0 Å². The number of nitrogens with zero attached hydrogens (tertiary/aromatic N) is 1. The summed E-state index contributed by atoms with van der Waals surface area (Å²) in [6.45, 7) is 2.67. The molecule has 0 radical (unpaired) electrons. The molecule has 1 saturated carbocycles. The van der Waals surface area contributed by atoms with Crippen LogP contribution < -0.4 is 0 Å². The Morgan fingerprint density at radius 1 is 1.15 bits per heavy atom. The first-order valence-electron chi connectivity index (χ1n) is 9.82. The molecule has 1 N–H and O–H groups in total. The molecule has 1 amide bonds. The third-order valence-corrected chi connectivity index (χ3v) is 5.73. The topological polar surface area (TPSA) is 66.8 Å². The van der Waals surface area contributed by atoms with Crippen LogP contribution in [0.1, 0.15) is 56.9 Å². The molecule has 1 aromatic carbocycles. The van der Waals surface area contributed by atoms with Gasteiger partial charge < -0.3 is 14.7 Å². The van der Waals surface area contributed by atoms with Gasteiger partial charge in [0.1, 0.15) is 6.10 Å². The van der Waals surface area contributed by atoms with E-state index >= 15 is 0 Å². The van der Waals surface area contributed by atoms with Crippen LogP contribution in [0.15, 0.2) is 30.3 Å². The maximum absolute atomic E-state index is 13.0. The largest absolute Gasteiger partial charge is 0.481 e. The van der Waals surface area contributed by atoms with E-state index in [2.05, 4.69) is 0 Å². The lowest BCUT2D eigenvalue weighted by molar-refractivity contribution is -0.149. The minimum atomic E-state index is -0.838. The summed E-state index contributed by atoms with van der Waals surface area (Å²) in [6.07, 6.45) is 5.95. The van der Waals surface area contributed by atoms with E-state index in [1.165, 1.54) is 6.42 Å². The van der Waals surface area contributed by atoms with Crippen molar-refractivity contribution in [2.45, 2.75) is 63.6 Å². The summed E-state index contributed by atoms with van der Waals surface area (Å²) in [5, 5.41) is 9.63. The SMILES string of the molecule is CCC(OC1CCCCC1)C(=O)N1CC(C(=O)O)C(c2ccccc2)C1. The van der Waals surface area contributed by atoms with Crippen molar-refractivity contribution in [3.63, 3.8) is 0 Å². The van der Waals surface area contributed by atoms with Crippen LogP contribution in [-0.4, -0.2) is 47.2 Å². The molecule has 1 aromatic rings. The number of amides is 1. The van der Waals surface area contributed by atoms with Crippen molar-refractivity contribution in [1.82, 2.24) is 4.90 Å². The summed E-state index contributed by atoms with van der Waals surface area (Å²) < 4.78 is 6.11. The van der Waals surface area contributed by atoms with Gasteiger partial charge in [-0.3, -0.25) is 9.59 Å². The first-order chi connectivity index (χ1) is 12.6. The molecular formula is C21H29NO4. The summed E-state index contributed by atoms with van der Waals surface area (Å²) >= 11 is 0. The van der Waals surface area contributed by atoms with Gasteiger partial charge in [0.15, 0.2) is 0 Å². The lowest BCUT2D eigenvalue weighted by Gasteiger charge is -2.29. The van der Waals surface area contributed by atoms with Crippen LogP contribution in [0.3, 0.4) is 0 Å². The summed E-state index contributed by atoms with van der Waals surface area (Å²) in [5.74, 6) is -1.61. The van der Waals surface area contributed by atoms with E-state index in [0.717, 1.165) is 31.2 Å². The lowest BCUT2D eigenvalue weighted by Crippen LogP contribution is -2.41. The predicted octanol–water partition coefficient (Wildman–Crippen LogP) is 3.44. The molecule has 1 aliphatic carbocycles. The number of ether oxygens (including phenoxy) is 1. The smallest absolute Gasteiger partial charge is 0.308 e. The van der Waals surface area contributed by atoms with E-state index in [0.29, 0.717) is 13.0 Å². The second-order valence-electron chi connectivity index (χ2n) is 7.50. The van der Waals surface area contributed by atoms with Gasteiger partial charge in [0.25, 0.3) is 5.91 Å². The van der Waals surface area contributed by atoms with Crippen LogP contribution in [0.2, 0.25) is 0 Å². The number of benzene rings is 1. The van der Waals surface area contributed by atoms with Gasteiger partial charge in [-0.1, -0.05) is 56.5 Å². The minimum Gasteiger partial charge on any atom is -0.481 e. The third-order valence-electron chi connectivity index (χ3n) is 5.73. The average molecular weight is 359 g/mol. The molecule has 142 valence electrons. The number of rotatable bonds is 6. The van der Waals surface area contributed by atoms with Crippen LogP contribution in [0.4, 0.5) is 0 Å². The molecule has 0 aromatic heterocycles. The van der Waals surface area contributed by atoms with Crippen molar-refractivity contribution in [2.75, 3.05) is 13.1 Å². The normalized spacial score (nSPS) is 25.2. The van der Waals surface area contributed by atoms with Gasteiger partial charge in [-0.05, 0) is 24.8 Å². The summed E-state index contributed by atoms with van der Waals surface area (Å²) in [5.41, 5.74) is 0.983. The summed E-state index contributed by atoms with van der Waals surface area (Å²) in [7, 11) is 0. The molecule has 3 unspecified atom stereocenters. The minimum absolute atomic E-state index is 0.0530. The highest BCUT2D eigenvalue weighted by Gasteiger charge is 2.42. The molecule has 0 spiro atoms. The first kappa shape index (κ1) is 18.9. The van der Waals surface area contributed by atoms with E-state index in [1.807, 2.05) is 37.3 Å². The predicted molar refractivity (Wildman–Crippen MR) is 98.9 cm³/mol. The fraction of sp³-hybridized carbons (Fsp3) is 0.619. The van der Waals surface area contributed by atoms with Gasteiger partial charge in [-0.15, -0.1) is 0 Å². The number of aliphatic carboxylic acids is 1. The second-order valence-corrected chi connectivity index (χ2v) is 7.50. The van der Waals surface area contributed by atoms with Crippen molar-refractivity contribution in [1.29, 1.82) is 0 Å². The Hall–Kier alpha value is -1.88. The quantitative estimate of drug-likeness (QED) is 0.845. The fourth-order valence-electron chi connectivity index (χ4n) is 4.24. The molecule has 2 aliphatic rings. The Morgan fingerprint density at radius 2 is 1.85 bits per heavy atom. The van der Waals surface area contributed by atoms with Gasteiger partial charge in [-0.2, -0.15) is 0 Å². The molecule has 26 heavy (non-hydrogen) atoms. The number of carboxylic acid groups (broad SMARTS) is 1. The van der Waals surface area contributed by atoms with E-state index in [1.54, 1.807) is 4.90 Å². The first-order valence-corrected chi connectivity index (χ1v) is 9.82. The highest BCUT2D eigenvalue weighted by atomic mass is 16.5. The monoisotopic (exact) mass is 359 g/mol. The highest BCUT2D eigenvalue weighted by molar-refractivity contribution is 5.83. The van der Waals surface area contributed by atoms with Crippen LogP contribution in [0.5, 0.6) is 0 Å². The van der Waals surface area contributed by atoms with Crippen LogP contribution >= 0.6 is 0 Å². The zero-order valence-corrected chi connectivity index (χ0v) is 15.5. The number of carbonyl (C=O) groups is 2. The molecule has 1 saturated heterocycles. The van der Waals surface area contributed by atoms with Crippen molar-refractivity contribution in [2.24, 2.45) is 5.92 Å². The van der Waals surface area contributed by atoms with Crippen molar-refractivity contribution in [3.05, 3.63) is 35.9 Å². The molecule has 3 atom stereocenters. The average Bonchev–Trinajstić information content (AvgIpc) is 3.13. The Morgan fingerprint density at radius 3 is 2.46 bits per heavy atom. The molecule has 2 fully saturated rings. The molecule has 5 heteroatoms. The Bertz CT molecular complexity index is 612. The highest BCUT2D eigenvalue weighted by Crippen LogP contribution is 2.34. The maximum atomic E-state index is 13.0. The Kier molecular flexibility index (Phi) is 6.30. The number of likely N-dealkylation sites (tertiary alicyclic amines) is 1. The molecule has 5 nitrogen and oxygen atoms in total. The van der Waals surface area contributed by atoms with Crippen LogP contribution in [0.25, 0.3) is 0 Å². The molecule has 1 heterocycles. The standard InChI is InChI=1S/C21H29NO4/c1-2-19(26-16-11-7-4-8-12-16)20(23)22-13-17(18(14-22)21(24)25)15-9-5-3-6-10-15/h3,5-6,9-10,16-19H,2,4,7-8,11-14H2,1H3,(H,24,25). The Balaban J connectivity index is 1.69. The lowest BCUT2D eigenvalue weighted by atomic mass is 9.89. The van der Waals surface area contributed by atoms with E-state index in [-0.39, 0.29) is 24.5 Å². The molecule has 3 rings (SSSR count). The van der Waals surface area contributed by atoms with Gasteiger partial charge in [0.2, 0.25) is 0 Å². The number of hydrogen-bond donors (Lipinski definition) is 1. The zero-order chi connectivity index (χ0) is 18.5. The van der Waals surface area contributed by atoms with Crippen LogP contribution in [-0.2, 0) is 14.3 Å². The Labute approximate surface area is 155 Å².